The number of esters is 1. The minimum atomic E-state index is -0.273. The number of phenols is 2. The van der Waals surface area contributed by atoms with E-state index in [1.54, 1.807) is 0 Å². The van der Waals surface area contributed by atoms with Gasteiger partial charge in [0.15, 0.2) is 0 Å². The first-order valence-electron chi connectivity index (χ1n) is 14.9. The van der Waals surface area contributed by atoms with Gasteiger partial charge in [0.25, 0.3) is 0 Å². The SMILES string of the molecule is C=C(CCc1cc(C)c(O)c(C(C)(C)C)c1)OCCOCCOCCOC(=O)CCc1cc(C)c(O)c(C(C)(C)C)c1. The zero-order valence-corrected chi connectivity index (χ0v) is 27.0. The summed E-state index contributed by atoms with van der Waals surface area (Å²) in [6.45, 7) is 22.4. The third kappa shape index (κ3) is 11.7. The van der Waals surface area contributed by atoms with E-state index in [-0.39, 0.29) is 29.8 Å². The van der Waals surface area contributed by atoms with E-state index in [4.69, 9.17) is 18.9 Å². The number of phenolic OH excluding ortho intramolecular Hbond substituents is 2. The molecule has 0 amide bonds. The minimum absolute atomic E-state index is 0.129. The molecule has 0 unspecified atom stereocenters. The van der Waals surface area contributed by atoms with E-state index in [1.165, 1.54) is 0 Å². The average Bonchev–Trinajstić information content (AvgIpc) is 2.89. The molecule has 0 atom stereocenters. The summed E-state index contributed by atoms with van der Waals surface area (Å²) in [5.41, 5.74) is 5.38. The second-order valence-corrected chi connectivity index (χ2v) is 13.0. The predicted octanol–water partition coefficient (Wildman–Crippen LogP) is 6.98. The van der Waals surface area contributed by atoms with Crippen molar-refractivity contribution in [3.8, 4) is 11.5 Å². The number of ether oxygens (including phenoxy) is 4. The van der Waals surface area contributed by atoms with Gasteiger partial charge in [-0.25, -0.2) is 0 Å². The van der Waals surface area contributed by atoms with Crippen molar-refractivity contribution in [3.05, 3.63) is 70.0 Å². The lowest BCUT2D eigenvalue weighted by Gasteiger charge is -2.22. The molecule has 0 radical (unpaired) electrons. The lowest BCUT2D eigenvalue weighted by Crippen LogP contribution is -2.15. The molecule has 0 aliphatic carbocycles. The van der Waals surface area contributed by atoms with Gasteiger partial charge in [-0.3, -0.25) is 4.79 Å². The van der Waals surface area contributed by atoms with Gasteiger partial charge in [0.05, 0.1) is 32.2 Å². The third-order valence-corrected chi connectivity index (χ3v) is 7.04. The zero-order chi connectivity index (χ0) is 31.5. The Labute approximate surface area is 252 Å². The maximum atomic E-state index is 12.1. The van der Waals surface area contributed by atoms with Crippen LogP contribution in [0.5, 0.6) is 11.5 Å². The Morgan fingerprint density at radius 2 is 1.07 bits per heavy atom. The summed E-state index contributed by atoms with van der Waals surface area (Å²) >= 11 is 0. The minimum Gasteiger partial charge on any atom is -0.507 e. The Balaban J connectivity index is 1.53. The lowest BCUT2D eigenvalue weighted by atomic mass is 9.83. The van der Waals surface area contributed by atoms with Crippen LogP contribution >= 0.6 is 0 Å². The summed E-state index contributed by atoms with van der Waals surface area (Å²) < 4.78 is 22.0. The van der Waals surface area contributed by atoms with Gasteiger partial charge < -0.3 is 29.2 Å². The van der Waals surface area contributed by atoms with Gasteiger partial charge in [-0.1, -0.05) is 72.4 Å². The molecule has 0 fully saturated rings. The molecular weight excluding hydrogens is 532 g/mol. The summed E-state index contributed by atoms with van der Waals surface area (Å²) in [6.07, 6.45) is 2.31. The Bertz CT molecular complexity index is 1090. The number of carbonyl (C=O) groups excluding carboxylic acids is 1. The number of aryl methyl sites for hydroxylation is 4. The lowest BCUT2D eigenvalue weighted by molar-refractivity contribution is -0.145. The zero-order valence-electron chi connectivity index (χ0n) is 27.0. The number of benzene rings is 2. The molecule has 2 N–H and O–H groups in total. The molecule has 0 heterocycles. The van der Waals surface area contributed by atoms with Crippen LogP contribution in [-0.4, -0.2) is 55.8 Å². The number of hydrogen-bond donors (Lipinski definition) is 2. The number of aromatic hydroxyl groups is 2. The van der Waals surface area contributed by atoms with Crippen LogP contribution in [0.25, 0.3) is 0 Å². The summed E-state index contributed by atoms with van der Waals surface area (Å²) in [5, 5.41) is 20.8. The largest absolute Gasteiger partial charge is 0.507 e. The van der Waals surface area contributed by atoms with Crippen molar-refractivity contribution >= 4 is 5.97 Å². The molecule has 0 saturated carbocycles. The van der Waals surface area contributed by atoms with Crippen LogP contribution < -0.4 is 0 Å². The molecule has 2 aromatic rings. The highest BCUT2D eigenvalue weighted by Crippen LogP contribution is 2.35. The molecule has 0 spiro atoms. The molecule has 234 valence electrons. The van der Waals surface area contributed by atoms with E-state index < -0.39 is 0 Å². The Kier molecular flexibility index (Phi) is 13.4. The first-order valence-corrected chi connectivity index (χ1v) is 14.9. The number of hydrogen-bond acceptors (Lipinski definition) is 7. The molecule has 0 aromatic heterocycles. The molecular formula is C35H52O7. The molecule has 0 saturated heterocycles. The van der Waals surface area contributed by atoms with Gasteiger partial charge in [-0.15, -0.1) is 0 Å². The monoisotopic (exact) mass is 584 g/mol. The second kappa shape index (κ2) is 16.0. The van der Waals surface area contributed by atoms with Gasteiger partial charge in [-0.2, -0.15) is 0 Å². The second-order valence-electron chi connectivity index (χ2n) is 13.0. The van der Waals surface area contributed by atoms with Crippen molar-refractivity contribution in [1.29, 1.82) is 0 Å². The Morgan fingerprint density at radius 1 is 0.667 bits per heavy atom. The van der Waals surface area contributed by atoms with Gasteiger partial charge in [0.2, 0.25) is 0 Å². The van der Waals surface area contributed by atoms with Gasteiger partial charge in [0, 0.05) is 12.8 Å². The topological polar surface area (TPSA) is 94.5 Å². The fourth-order valence-electron chi connectivity index (χ4n) is 4.60. The van der Waals surface area contributed by atoms with Crippen LogP contribution in [0.1, 0.15) is 87.8 Å². The first-order chi connectivity index (χ1) is 19.6. The molecule has 0 aliphatic rings. The highest BCUT2D eigenvalue weighted by molar-refractivity contribution is 5.69. The standard InChI is InChI=1S/C35H52O7/c1-24-20-27(22-29(32(24)37)34(4,5)6)11-10-26(3)41-18-16-39-14-15-40-17-19-42-31(36)13-12-28-21-25(2)33(38)30(23-28)35(7,8)9/h20-23,37-38H,3,10-19H2,1-2,4-9H3. The number of allylic oxidation sites excluding steroid dienone is 1. The van der Waals surface area contributed by atoms with Crippen LogP contribution in [0, 0.1) is 13.8 Å². The van der Waals surface area contributed by atoms with E-state index in [0.717, 1.165) is 39.8 Å². The molecule has 7 nitrogen and oxygen atoms in total. The molecule has 0 aliphatic heterocycles. The van der Waals surface area contributed by atoms with Crippen molar-refractivity contribution in [3.63, 3.8) is 0 Å². The summed E-state index contributed by atoms with van der Waals surface area (Å²) in [5.74, 6) is 1.12. The van der Waals surface area contributed by atoms with Gasteiger partial charge >= 0.3 is 5.97 Å². The summed E-state index contributed by atoms with van der Waals surface area (Å²) in [4.78, 5) is 12.1. The normalized spacial score (nSPS) is 11.9. The Morgan fingerprint density at radius 3 is 1.52 bits per heavy atom. The smallest absolute Gasteiger partial charge is 0.306 e. The fourth-order valence-corrected chi connectivity index (χ4v) is 4.60. The average molecular weight is 585 g/mol. The van der Waals surface area contributed by atoms with E-state index in [9.17, 15) is 15.0 Å². The van der Waals surface area contributed by atoms with E-state index in [0.29, 0.717) is 63.1 Å². The van der Waals surface area contributed by atoms with Gasteiger partial charge in [0.1, 0.15) is 24.7 Å². The maximum Gasteiger partial charge on any atom is 0.306 e. The highest BCUT2D eigenvalue weighted by atomic mass is 16.6. The molecule has 0 bridgehead atoms. The van der Waals surface area contributed by atoms with Crippen molar-refractivity contribution in [2.45, 2.75) is 91.9 Å². The van der Waals surface area contributed by atoms with Crippen LogP contribution in [0.4, 0.5) is 0 Å². The molecule has 42 heavy (non-hydrogen) atoms. The Hall–Kier alpha value is -3.03. The van der Waals surface area contributed by atoms with Gasteiger partial charge in [-0.05, 0) is 70.9 Å². The van der Waals surface area contributed by atoms with Crippen LogP contribution in [-0.2, 0) is 47.4 Å². The fraction of sp³-hybridized carbons (Fsp3) is 0.571. The summed E-state index contributed by atoms with van der Waals surface area (Å²) in [6, 6.07) is 7.98. The van der Waals surface area contributed by atoms with Crippen LogP contribution in [0.15, 0.2) is 36.6 Å². The van der Waals surface area contributed by atoms with Crippen molar-refractivity contribution in [2.75, 3.05) is 39.6 Å². The number of rotatable bonds is 16. The van der Waals surface area contributed by atoms with E-state index in [1.807, 2.05) is 32.0 Å². The van der Waals surface area contributed by atoms with E-state index >= 15 is 0 Å². The van der Waals surface area contributed by atoms with Crippen LogP contribution in [0.3, 0.4) is 0 Å². The van der Waals surface area contributed by atoms with Crippen molar-refractivity contribution in [1.82, 2.24) is 0 Å². The highest BCUT2D eigenvalue weighted by Gasteiger charge is 2.21. The molecule has 2 aromatic carbocycles. The first kappa shape index (κ1) is 35.2. The van der Waals surface area contributed by atoms with Crippen molar-refractivity contribution in [2.24, 2.45) is 0 Å². The number of carbonyl (C=O) groups is 1. The van der Waals surface area contributed by atoms with Crippen LogP contribution in [0.2, 0.25) is 0 Å². The molecule has 7 heteroatoms. The van der Waals surface area contributed by atoms with Crippen molar-refractivity contribution < 1.29 is 34.0 Å². The van der Waals surface area contributed by atoms with E-state index in [2.05, 4.69) is 54.2 Å². The third-order valence-electron chi connectivity index (χ3n) is 7.04. The quantitative estimate of drug-likeness (QED) is 0.125. The maximum absolute atomic E-state index is 12.1. The molecule has 2 rings (SSSR count). The predicted molar refractivity (Wildman–Crippen MR) is 167 cm³/mol. The summed E-state index contributed by atoms with van der Waals surface area (Å²) in [7, 11) is 0.